The van der Waals surface area contributed by atoms with Gasteiger partial charge >= 0.3 is 0 Å². The van der Waals surface area contributed by atoms with E-state index in [1.165, 1.54) is 0 Å². The molecule has 0 amide bonds. The molecule has 21 heavy (non-hydrogen) atoms. The normalized spacial score (nSPS) is 23.6. The lowest BCUT2D eigenvalue weighted by Gasteiger charge is -2.34. The minimum atomic E-state index is -0.295. The summed E-state index contributed by atoms with van der Waals surface area (Å²) in [6.07, 6.45) is 0.680. The maximum absolute atomic E-state index is 12.4. The first-order valence-electron chi connectivity index (χ1n) is 7.41. The van der Waals surface area contributed by atoms with Crippen LogP contribution in [0.3, 0.4) is 0 Å². The van der Waals surface area contributed by atoms with E-state index in [4.69, 9.17) is 0 Å². The third-order valence-electron chi connectivity index (χ3n) is 4.44. The molecule has 0 bridgehead atoms. The van der Waals surface area contributed by atoms with E-state index in [0.717, 1.165) is 24.3 Å². The van der Waals surface area contributed by atoms with Gasteiger partial charge in [-0.3, -0.25) is 14.3 Å². The molecular formula is C16H21N3O2. The SMILES string of the molecule is C[C@H]1CCN(Cc2nc3ccccc3c(=O)n2C)C[C@H]1O. The number of hydrogen-bond acceptors (Lipinski definition) is 4. The average molecular weight is 287 g/mol. The van der Waals surface area contributed by atoms with Crippen LogP contribution in [0, 0.1) is 5.92 Å². The molecule has 0 spiro atoms. The van der Waals surface area contributed by atoms with E-state index >= 15 is 0 Å². The second kappa shape index (κ2) is 5.58. The van der Waals surface area contributed by atoms with Gasteiger partial charge in [0, 0.05) is 13.6 Å². The van der Waals surface area contributed by atoms with Crippen LogP contribution in [-0.4, -0.2) is 38.8 Å². The maximum atomic E-state index is 12.4. The van der Waals surface area contributed by atoms with Gasteiger partial charge in [0.1, 0.15) is 5.82 Å². The van der Waals surface area contributed by atoms with Crippen molar-refractivity contribution in [1.82, 2.24) is 14.5 Å². The highest BCUT2D eigenvalue weighted by atomic mass is 16.3. The fourth-order valence-corrected chi connectivity index (χ4v) is 2.86. The van der Waals surface area contributed by atoms with Crippen LogP contribution in [0.4, 0.5) is 0 Å². The second-order valence-electron chi connectivity index (χ2n) is 5.98. The molecule has 1 fully saturated rings. The van der Waals surface area contributed by atoms with Crippen LogP contribution in [0.5, 0.6) is 0 Å². The summed E-state index contributed by atoms with van der Waals surface area (Å²) in [4.78, 5) is 19.1. The number of aromatic nitrogens is 2. The van der Waals surface area contributed by atoms with Crippen molar-refractivity contribution in [2.45, 2.75) is 26.0 Å². The van der Waals surface area contributed by atoms with Crippen molar-refractivity contribution < 1.29 is 5.11 Å². The van der Waals surface area contributed by atoms with Crippen molar-refractivity contribution in [2.24, 2.45) is 13.0 Å². The van der Waals surface area contributed by atoms with Gasteiger partial charge < -0.3 is 5.11 Å². The van der Waals surface area contributed by atoms with Crippen LogP contribution in [0.25, 0.3) is 10.9 Å². The molecule has 1 aliphatic heterocycles. The summed E-state index contributed by atoms with van der Waals surface area (Å²) in [6, 6.07) is 7.42. The van der Waals surface area contributed by atoms with E-state index in [9.17, 15) is 9.90 Å². The Hall–Kier alpha value is -1.72. The maximum Gasteiger partial charge on any atom is 0.261 e. The number of nitrogens with zero attached hydrogens (tertiary/aromatic N) is 3. The number of aliphatic hydroxyl groups excluding tert-OH is 1. The number of aliphatic hydroxyl groups is 1. The van der Waals surface area contributed by atoms with Crippen LogP contribution in [0.15, 0.2) is 29.1 Å². The van der Waals surface area contributed by atoms with Crippen molar-refractivity contribution in [3.05, 3.63) is 40.4 Å². The van der Waals surface area contributed by atoms with Crippen LogP contribution >= 0.6 is 0 Å². The minimum Gasteiger partial charge on any atom is -0.392 e. The molecule has 2 heterocycles. The van der Waals surface area contributed by atoms with Gasteiger partial charge in [-0.15, -0.1) is 0 Å². The molecule has 1 aliphatic rings. The van der Waals surface area contributed by atoms with E-state index in [1.807, 2.05) is 18.2 Å². The van der Waals surface area contributed by atoms with E-state index in [-0.39, 0.29) is 11.7 Å². The average Bonchev–Trinajstić information content (AvgIpc) is 2.48. The smallest absolute Gasteiger partial charge is 0.261 e. The fourth-order valence-electron chi connectivity index (χ4n) is 2.86. The van der Waals surface area contributed by atoms with Crippen molar-refractivity contribution in [3.63, 3.8) is 0 Å². The summed E-state index contributed by atoms with van der Waals surface area (Å²) in [5, 5.41) is 10.6. The lowest BCUT2D eigenvalue weighted by atomic mass is 9.96. The Bertz CT molecular complexity index is 710. The Morgan fingerprint density at radius 2 is 2.14 bits per heavy atom. The fraction of sp³-hybridized carbons (Fsp3) is 0.500. The topological polar surface area (TPSA) is 58.4 Å². The molecule has 0 aliphatic carbocycles. The molecule has 1 N–H and O–H groups in total. The van der Waals surface area contributed by atoms with E-state index in [1.54, 1.807) is 17.7 Å². The number of β-amino-alcohol motifs (C(OH)–C–C–N with tert-alkyl or cyclic N) is 1. The number of piperidine rings is 1. The van der Waals surface area contributed by atoms with Crippen molar-refractivity contribution >= 4 is 10.9 Å². The Morgan fingerprint density at radius 1 is 1.38 bits per heavy atom. The quantitative estimate of drug-likeness (QED) is 0.900. The molecule has 0 radical (unpaired) electrons. The zero-order valence-corrected chi connectivity index (χ0v) is 12.5. The number of rotatable bonds is 2. The van der Waals surface area contributed by atoms with Gasteiger partial charge in [0.05, 0.1) is 23.6 Å². The molecule has 2 atom stereocenters. The summed E-state index contributed by atoms with van der Waals surface area (Å²) >= 11 is 0. The van der Waals surface area contributed by atoms with E-state index in [0.29, 0.717) is 24.4 Å². The van der Waals surface area contributed by atoms with Crippen LogP contribution < -0.4 is 5.56 Å². The predicted molar refractivity (Wildman–Crippen MR) is 82.0 cm³/mol. The second-order valence-corrected chi connectivity index (χ2v) is 5.98. The Balaban J connectivity index is 1.91. The Labute approximate surface area is 123 Å². The highest BCUT2D eigenvalue weighted by Gasteiger charge is 2.25. The molecule has 0 unspecified atom stereocenters. The highest BCUT2D eigenvalue weighted by molar-refractivity contribution is 5.77. The van der Waals surface area contributed by atoms with Crippen molar-refractivity contribution in [1.29, 1.82) is 0 Å². The molecule has 5 heteroatoms. The third-order valence-corrected chi connectivity index (χ3v) is 4.44. The Morgan fingerprint density at radius 3 is 2.90 bits per heavy atom. The highest BCUT2D eigenvalue weighted by Crippen LogP contribution is 2.18. The molecule has 1 aromatic carbocycles. The molecule has 5 nitrogen and oxygen atoms in total. The number of hydrogen-bond donors (Lipinski definition) is 1. The molecular weight excluding hydrogens is 266 g/mol. The number of fused-ring (bicyclic) bond motifs is 1. The summed E-state index contributed by atoms with van der Waals surface area (Å²) in [5.41, 5.74) is 0.725. The molecule has 1 saturated heterocycles. The largest absolute Gasteiger partial charge is 0.392 e. The zero-order valence-electron chi connectivity index (χ0n) is 12.5. The van der Waals surface area contributed by atoms with Gasteiger partial charge in [-0.1, -0.05) is 19.1 Å². The lowest BCUT2D eigenvalue weighted by molar-refractivity contribution is 0.0245. The summed E-state index contributed by atoms with van der Waals surface area (Å²) in [6.45, 7) is 4.25. The molecule has 0 saturated carbocycles. The van der Waals surface area contributed by atoms with Gasteiger partial charge in [-0.25, -0.2) is 4.98 Å². The summed E-state index contributed by atoms with van der Waals surface area (Å²) in [7, 11) is 1.76. The van der Waals surface area contributed by atoms with E-state index in [2.05, 4.69) is 16.8 Å². The van der Waals surface area contributed by atoms with Crippen LogP contribution in [0.2, 0.25) is 0 Å². The van der Waals surface area contributed by atoms with Gasteiger partial charge in [-0.2, -0.15) is 0 Å². The van der Waals surface area contributed by atoms with Crippen LogP contribution in [-0.2, 0) is 13.6 Å². The van der Waals surface area contributed by atoms with Crippen molar-refractivity contribution in [2.75, 3.05) is 13.1 Å². The first kappa shape index (κ1) is 14.2. The standard InChI is InChI=1S/C16H21N3O2/c1-11-7-8-19(9-14(11)20)10-15-17-13-6-4-3-5-12(13)16(21)18(15)2/h3-6,11,14,20H,7-10H2,1-2H3/t11-,14+/m0/s1. The lowest BCUT2D eigenvalue weighted by Crippen LogP contribution is -2.43. The molecule has 112 valence electrons. The molecule has 3 rings (SSSR count). The van der Waals surface area contributed by atoms with Gasteiger partial charge in [0.25, 0.3) is 5.56 Å². The third kappa shape index (κ3) is 2.71. The van der Waals surface area contributed by atoms with Gasteiger partial charge in [-0.05, 0) is 31.0 Å². The molecule has 1 aromatic heterocycles. The first-order valence-corrected chi connectivity index (χ1v) is 7.41. The first-order chi connectivity index (χ1) is 10.1. The number of likely N-dealkylation sites (tertiary alicyclic amines) is 1. The summed E-state index contributed by atoms with van der Waals surface area (Å²) < 4.78 is 1.62. The Kier molecular flexibility index (Phi) is 3.78. The van der Waals surface area contributed by atoms with Gasteiger partial charge in [0.2, 0.25) is 0 Å². The number of benzene rings is 1. The van der Waals surface area contributed by atoms with Crippen LogP contribution in [0.1, 0.15) is 19.2 Å². The number of para-hydroxylation sites is 1. The monoisotopic (exact) mass is 287 g/mol. The van der Waals surface area contributed by atoms with Gasteiger partial charge in [0.15, 0.2) is 0 Å². The van der Waals surface area contributed by atoms with E-state index < -0.39 is 0 Å². The summed E-state index contributed by atoms with van der Waals surface area (Å²) in [5.74, 6) is 1.09. The zero-order chi connectivity index (χ0) is 15.0. The predicted octanol–water partition coefficient (Wildman–Crippen LogP) is 1.14. The minimum absolute atomic E-state index is 0.0125. The van der Waals surface area contributed by atoms with Crippen molar-refractivity contribution in [3.8, 4) is 0 Å². The molecule has 2 aromatic rings.